The molecule has 3 rings (SSSR count). The predicted molar refractivity (Wildman–Crippen MR) is 95.6 cm³/mol. The fourth-order valence-corrected chi connectivity index (χ4v) is 3.45. The van der Waals surface area contributed by atoms with Gasteiger partial charge in [0, 0.05) is 28.1 Å². The summed E-state index contributed by atoms with van der Waals surface area (Å²) in [6, 6.07) is 14.6. The number of benzene rings is 1. The Hall–Kier alpha value is -2.64. The van der Waals surface area contributed by atoms with E-state index in [0.717, 1.165) is 33.3 Å². The topological polar surface area (TPSA) is 41.6 Å². The number of nitriles is 1. The fourth-order valence-electron chi connectivity index (χ4n) is 2.68. The molecule has 0 saturated heterocycles. The van der Waals surface area contributed by atoms with Crippen molar-refractivity contribution in [1.29, 1.82) is 5.26 Å². The van der Waals surface area contributed by atoms with Crippen molar-refractivity contribution in [3.63, 3.8) is 0 Å². The Morgan fingerprint density at radius 2 is 1.96 bits per heavy atom. The van der Waals surface area contributed by atoms with E-state index in [1.165, 1.54) is 11.3 Å². The number of para-hydroxylation sites is 1. The van der Waals surface area contributed by atoms with Gasteiger partial charge in [0.05, 0.1) is 5.57 Å². The lowest BCUT2D eigenvalue weighted by Crippen LogP contribution is -1.98. The maximum Gasteiger partial charge on any atom is 0.134 e. The lowest BCUT2D eigenvalue weighted by atomic mass is 10.1. The Morgan fingerprint density at radius 3 is 2.57 bits per heavy atom. The van der Waals surface area contributed by atoms with Gasteiger partial charge in [0.25, 0.3) is 0 Å². The molecule has 0 aliphatic heterocycles. The van der Waals surface area contributed by atoms with E-state index in [1.54, 1.807) is 0 Å². The standard InChI is InChI=1S/C19H17N3S/c1-13-12-23-19(21-13)17(11-20)10-16-9-14(2)22(15(16)3)18-7-5-4-6-8-18/h4-10,12H,1-3H3/b17-10+. The number of thiazole rings is 1. The van der Waals surface area contributed by atoms with E-state index in [1.807, 2.05) is 36.6 Å². The van der Waals surface area contributed by atoms with Gasteiger partial charge >= 0.3 is 0 Å². The van der Waals surface area contributed by atoms with Crippen LogP contribution in [-0.4, -0.2) is 9.55 Å². The minimum atomic E-state index is 0.608. The third-order valence-electron chi connectivity index (χ3n) is 3.75. The van der Waals surface area contributed by atoms with Gasteiger partial charge in [-0.25, -0.2) is 4.98 Å². The summed E-state index contributed by atoms with van der Waals surface area (Å²) in [5.41, 5.74) is 6.00. The summed E-state index contributed by atoms with van der Waals surface area (Å²) in [5.74, 6) is 0. The molecule has 0 spiro atoms. The van der Waals surface area contributed by atoms with Gasteiger partial charge in [-0.15, -0.1) is 11.3 Å². The number of aryl methyl sites for hydroxylation is 2. The van der Waals surface area contributed by atoms with Crippen LogP contribution in [-0.2, 0) is 0 Å². The molecule has 3 nitrogen and oxygen atoms in total. The third kappa shape index (κ3) is 2.96. The molecular weight excluding hydrogens is 302 g/mol. The molecule has 0 bridgehead atoms. The quantitative estimate of drug-likeness (QED) is 0.643. The first-order chi connectivity index (χ1) is 11.1. The summed E-state index contributed by atoms with van der Waals surface area (Å²) >= 11 is 1.51. The predicted octanol–water partition coefficient (Wildman–Crippen LogP) is 4.92. The molecule has 0 amide bonds. The molecular formula is C19H17N3S. The molecule has 0 fully saturated rings. The highest BCUT2D eigenvalue weighted by molar-refractivity contribution is 7.11. The Morgan fingerprint density at radius 1 is 1.22 bits per heavy atom. The summed E-state index contributed by atoms with van der Waals surface area (Å²) in [5, 5.41) is 12.2. The summed E-state index contributed by atoms with van der Waals surface area (Å²) in [4.78, 5) is 4.42. The van der Waals surface area contributed by atoms with Crippen molar-refractivity contribution < 1.29 is 0 Å². The molecule has 4 heteroatoms. The number of aromatic nitrogens is 2. The maximum absolute atomic E-state index is 9.48. The first-order valence-corrected chi connectivity index (χ1v) is 8.27. The highest BCUT2D eigenvalue weighted by Crippen LogP contribution is 2.26. The second-order valence-corrected chi connectivity index (χ2v) is 6.32. The lowest BCUT2D eigenvalue weighted by Gasteiger charge is -2.09. The highest BCUT2D eigenvalue weighted by Gasteiger charge is 2.12. The second-order valence-electron chi connectivity index (χ2n) is 5.46. The smallest absolute Gasteiger partial charge is 0.134 e. The molecule has 2 heterocycles. The summed E-state index contributed by atoms with van der Waals surface area (Å²) in [6.07, 6.45) is 1.93. The molecule has 0 atom stereocenters. The summed E-state index contributed by atoms with van der Waals surface area (Å²) < 4.78 is 2.20. The number of rotatable bonds is 3. The van der Waals surface area contributed by atoms with E-state index in [2.05, 4.69) is 47.7 Å². The monoisotopic (exact) mass is 319 g/mol. The van der Waals surface area contributed by atoms with Crippen molar-refractivity contribution in [2.24, 2.45) is 0 Å². The van der Waals surface area contributed by atoms with Crippen molar-refractivity contribution >= 4 is 23.0 Å². The molecule has 0 N–H and O–H groups in total. The summed E-state index contributed by atoms with van der Waals surface area (Å²) in [7, 11) is 0. The Labute approximate surface area is 140 Å². The zero-order chi connectivity index (χ0) is 16.4. The molecule has 3 aromatic rings. The van der Waals surface area contributed by atoms with Crippen LogP contribution in [0.25, 0.3) is 17.3 Å². The first kappa shape index (κ1) is 15.3. The number of nitrogens with zero attached hydrogens (tertiary/aromatic N) is 3. The van der Waals surface area contributed by atoms with Crippen LogP contribution in [0.2, 0.25) is 0 Å². The van der Waals surface area contributed by atoms with Crippen LogP contribution >= 0.6 is 11.3 Å². The van der Waals surface area contributed by atoms with E-state index in [9.17, 15) is 5.26 Å². The largest absolute Gasteiger partial charge is 0.318 e. The number of hydrogen-bond donors (Lipinski definition) is 0. The van der Waals surface area contributed by atoms with Crippen LogP contribution in [0.15, 0.2) is 41.8 Å². The molecule has 0 aliphatic carbocycles. The van der Waals surface area contributed by atoms with Crippen LogP contribution in [0.5, 0.6) is 0 Å². The highest BCUT2D eigenvalue weighted by atomic mass is 32.1. The van der Waals surface area contributed by atoms with Crippen molar-refractivity contribution in [2.75, 3.05) is 0 Å². The van der Waals surface area contributed by atoms with Gasteiger partial charge in [-0.05, 0) is 50.6 Å². The van der Waals surface area contributed by atoms with Crippen molar-refractivity contribution in [3.8, 4) is 11.8 Å². The molecule has 0 radical (unpaired) electrons. The van der Waals surface area contributed by atoms with Crippen LogP contribution in [0, 0.1) is 32.1 Å². The van der Waals surface area contributed by atoms with Crippen LogP contribution in [0.3, 0.4) is 0 Å². The van der Waals surface area contributed by atoms with Gasteiger partial charge < -0.3 is 4.57 Å². The van der Waals surface area contributed by atoms with Gasteiger partial charge in [-0.3, -0.25) is 0 Å². The Kier molecular flexibility index (Phi) is 4.14. The maximum atomic E-state index is 9.48. The van der Waals surface area contributed by atoms with Gasteiger partial charge in [-0.1, -0.05) is 18.2 Å². The van der Waals surface area contributed by atoms with Gasteiger partial charge in [0.15, 0.2) is 0 Å². The minimum Gasteiger partial charge on any atom is -0.318 e. The van der Waals surface area contributed by atoms with E-state index >= 15 is 0 Å². The SMILES string of the molecule is Cc1csc(/C(C#N)=C/c2cc(C)n(-c3ccccc3)c2C)n1. The Bertz CT molecular complexity index is 908. The van der Waals surface area contributed by atoms with Gasteiger partial charge in [-0.2, -0.15) is 5.26 Å². The van der Waals surface area contributed by atoms with E-state index in [4.69, 9.17) is 0 Å². The number of allylic oxidation sites excluding steroid dienone is 1. The molecule has 2 aromatic heterocycles. The normalized spacial score (nSPS) is 11.5. The molecule has 1 aromatic carbocycles. The molecule has 0 unspecified atom stereocenters. The second kappa shape index (κ2) is 6.23. The fraction of sp³-hybridized carbons (Fsp3) is 0.158. The third-order valence-corrected chi connectivity index (χ3v) is 4.75. The van der Waals surface area contributed by atoms with E-state index in [-0.39, 0.29) is 0 Å². The van der Waals surface area contributed by atoms with E-state index < -0.39 is 0 Å². The zero-order valence-electron chi connectivity index (χ0n) is 13.4. The van der Waals surface area contributed by atoms with Crippen molar-refractivity contribution in [2.45, 2.75) is 20.8 Å². The molecule has 23 heavy (non-hydrogen) atoms. The number of hydrogen-bond acceptors (Lipinski definition) is 3. The lowest BCUT2D eigenvalue weighted by molar-refractivity contribution is 0.964. The Balaban J connectivity index is 2.08. The molecule has 0 saturated carbocycles. The van der Waals surface area contributed by atoms with E-state index in [0.29, 0.717) is 5.57 Å². The average Bonchev–Trinajstić information content (AvgIpc) is 3.09. The van der Waals surface area contributed by atoms with Crippen molar-refractivity contribution in [3.05, 3.63) is 69.4 Å². The van der Waals surface area contributed by atoms with Crippen LogP contribution < -0.4 is 0 Å². The molecule has 0 aliphatic rings. The van der Waals surface area contributed by atoms with Gasteiger partial charge in [0.2, 0.25) is 0 Å². The van der Waals surface area contributed by atoms with Crippen LogP contribution in [0.4, 0.5) is 0 Å². The summed E-state index contributed by atoms with van der Waals surface area (Å²) in [6.45, 7) is 6.10. The van der Waals surface area contributed by atoms with Crippen molar-refractivity contribution in [1.82, 2.24) is 9.55 Å². The van der Waals surface area contributed by atoms with Gasteiger partial charge in [0.1, 0.15) is 11.1 Å². The molecule has 114 valence electrons. The zero-order valence-corrected chi connectivity index (χ0v) is 14.2. The van der Waals surface area contributed by atoms with Crippen LogP contribution in [0.1, 0.15) is 27.7 Å². The average molecular weight is 319 g/mol. The minimum absolute atomic E-state index is 0.608. The first-order valence-electron chi connectivity index (χ1n) is 7.39.